The molecule has 0 atom stereocenters. The molecule has 0 aliphatic carbocycles. The molecule has 1 aromatic carbocycles. The fourth-order valence-electron chi connectivity index (χ4n) is 1.63. The smallest absolute Gasteiger partial charge is 0.280 e. The number of halogens is 1. The quantitative estimate of drug-likeness (QED) is 0.785. The Hall–Kier alpha value is -2.21. The monoisotopic (exact) mass is 317 g/mol. The summed E-state index contributed by atoms with van der Waals surface area (Å²) in [6, 6.07) is 10.7. The van der Waals surface area contributed by atoms with Gasteiger partial charge in [0.1, 0.15) is 5.75 Å². The third-order valence-corrected chi connectivity index (χ3v) is 2.99. The van der Waals surface area contributed by atoms with Crippen LogP contribution in [0.3, 0.4) is 0 Å². The second-order valence-corrected chi connectivity index (χ2v) is 4.72. The predicted octanol–water partition coefficient (Wildman–Crippen LogP) is 3.27. The molecular formula is C13H8BrN3O2. The van der Waals surface area contributed by atoms with E-state index in [1.807, 2.05) is 24.3 Å². The van der Waals surface area contributed by atoms with Crippen LogP contribution < -0.4 is 0 Å². The van der Waals surface area contributed by atoms with E-state index in [0.717, 1.165) is 10.0 Å². The summed E-state index contributed by atoms with van der Waals surface area (Å²) < 4.78 is 6.05. The Morgan fingerprint density at radius 1 is 1.16 bits per heavy atom. The zero-order valence-electron chi connectivity index (χ0n) is 9.62. The van der Waals surface area contributed by atoms with E-state index in [9.17, 15) is 5.11 Å². The van der Waals surface area contributed by atoms with Crippen molar-refractivity contribution in [3.8, 4) is 28.7 Å². The number of hydrogen-bond acceptors (Lipinski definition) is 5. The summed E-state index contributed by atoms with van der Waals surface area (Å²) in [6.45, 7) is 0. The Bertz CT molecular complexity index is 727. The minimum Gasteiger partial charge on any atom is -0.505 e. The van der Waals surface area contributed by atoms with Crippen molar-refractivity contribution >= 4 is 15.9 Å². The Labute approximate surface area is 117 Å². The minimum atomic E-state index is 0.00643. The summed E-state index contributed by atoms with van der Waals surface area (Å²) in [5.74, 6) is 0.640. The normalized spacial score (nSPS) is 10.6. The summed E-state index contributed by atoms with van der Waals surface area (Å²) in [4.78, 5) is 8.25. The number of hydrogen-bond donors (Lipinski definition) is 1. The molecule has 94 valence electrons. The number of benzene rings is 1. The molecule has 0 radical (unpaired) electrons. The van der Waals surface area contributed by atoms with Gasteiger partial charge in [0, 0.05) is 16.2 Å². The standard InChI is InChI=1S/C13H8BrN3O2/c14-9-4-1-3-8(7-9)12-16-13(19-17-12)11-10(18)5-2-6-15-11/h1-7,18H. The molecule has 5 nitrogen and oxygen atoms in total. The van der Waals surface area contributed by atoms with Gasteiger partial charge >= 0.3 is 0 Å². The molecule has 19 heavy (non-hydrogen) atoms. The number of pyridine rings is 1. The Morgan fingerprint density at radius 3 is 2.84 bits per heavy atom. The highest BCUT2D eigenvalue weighted by Crippen LogP contribution is 2.27. The lowest BCUT2D eigenvalue weighted by Gasteiger charge is -1.96. The number of aromatic nitrogens is 3. The van der Waals surface area contributed by atoms with Crippen molar-refractivity contribution in [1.82, 2.24) is 15.1 Å². The van der Waals surface area contributed by atoms with Crippen molar-refractivity contribution in [1.29, 1.82) is 0 Å². The highest BCUT2D eigenvalue weighted by molar-refractivity contribution is 9.10. The summed E-state index contributed by atoms with van der Waals surface area (Å²) in [5, 5.41) is 13.6. The molecule has 2 heterocycles. The van der Waals surface area contributed by atoms with Gasteiger partial charge in [0.15, 0.2) is 5.69 Å². The van der Waals surface area contributed by atoms with E-state index in [4.69, 9.17) is 4.52 Å². The Morgan fingerprint density at radius 2 is 2.05 bits per heavy atom. The van der Waals surface area contributed by atoms with E-state index >= 15 is 0 Å². The van der Waals surface area contributed by atoms with Gasteiger partial charge in [0.2, 0.25) is 5.82 Å². The molecule has 3 aromatic rings. The topological polar surface area (TPSA) is 72.0 Å². The number of aromatic hydroxyl groups is 1. The summed E-state index contributed by atoms with van der Waals surface area (Å²) in [6.07, 6.45) is 1.55. The maximum absolute atomic E-state index is 9.69. The molecule has 0 aliphatic heterocycles. The minimum absolute atomic E-state index is 0.00643. The zero-order valence-corrected chi connectivity index (χ0v) is 11.2. The molecule has 0 bridgehead atoms. The van der Waals surface area contributed by atoms with Crippen molar-refractivity contribution in [2.45, 2.75) is 0 Å². The average molecular weight is 318 g/mol. The SMILES string of the molecule is Oc1cccnc1-c1nc(-c2cccc(Br)c2)no1. The lowest BCUT2D eigenvalue weighted by Crippen LogP contribution is -1.84. The zero-order chi connectivity index (χ0) is 13.2. The molecule has 3 rings (SSSR count). The van der Waals surface area contributed by atoms with Crippen LogP contribution in [0.2, 0.25) is 0 Å². The predicted molar refractivity (Wildman–Crippen MR) is 72.3 cm³/mol. The molecule has 0 saturated carbocycles. The van der Waals surface area contributed by atoms with E-state index in [-0.39, 0.29) is 17.3 Å². The van der Waals surface area contributed by atoms with Crippen molar-refractivity contribution in [2.24, 2.45) is 0 Å². The van der Waals surface area contributed by atoms with E-state index in [0.29, 0.717) is 5.82 Å². The first-order valence-electron chi connectivity index (χ1n) is 5.48. The highest BCUT2D eigenvalue weighted by atomic mass is 79.9. The molecule has 0 amide bonds. The largest absolute Gasteiger partial charge is 0.505 e. The van der Waals surface area contributed by atoms with E-state index in [1.54, 1.807) is 12.3 Å². The molecule has 6 heteroatoms. The van der Waals surface area contributed by atoms with Crippen molar-refractivity contribution in [3.63, 3.8) is 0 Å². The van der Waals surface area contributed by atoms with Crippen LogP contribution in [0.1, 0.15) is 0 Å². The van der Waals surface area contributed by atoms with Crippen LogP contribution in [0, 0.1) is 0 Å². The van der Waals surface area contributed by atoms with Crippen molar-refractivity contribution in [2.75, 3.05) is 0 Å². The first-order valence-corrected chi connectivity index (χ1v) is 6.27. The van der Waals surface area contributed by atoms with Crippen LogP contribution in [-0.2, 0) is 0 Å². The van der Waals surface area contributed by atoms with Gasteiger partial charge in [-0.25, -0.2) is 4.98 Å². The molecule has 0 spiro atoms. The van der Waals surface area contributed by atoms with Gasteiger partial charge in [0.25, 0.3) is 5.89 Å². The van der Waals surface area contributed by atoms with Crippen LogP contribution in [-0.4, -0.2) is 20.2 Å². The van der Waals surface area contributed by atoms with Gasteiger partial charge in [-0.3, -0.25) is 0 Å². The van der Waals surface area contributed by atoms with Crippen LogP contribution in [0.4, 0.5) is 0 Å². The van der Waals surface area contributed by atoms with Gasteiger partial charge in [-0.1, -0.05) is 33.2 Å². The van der Waals surface area contributed by atoms with Gasteiger partial charge in [-0.2, -0.15) is 4.98 Å². The van der Waals surface area contributed by atoms with Crippen molar-refractivity contribution < 1.29 is 9.63 Å². The van der Waals surface area contributed by atoms with Crippen LogP contribution in [0.5, 0.6) is 5.75 Å². The van der Waals surface area contributed by atoms with Gasteiger partial charge in [0.05, 0.1) is 0 Å². The fourth-order valence-corrected chi connectivity index (χ4v) is 2.03. The molecule has 2 aromatic heterocycles. The first-order chi connectivity index (χ1) is 9.24. The van der Waals surface area contributed by atoms with Gasteiger partial charge in [-0.15, -0.1) is 0 Å². The highest BCUT2D eigenvalue weighted by Gasteiger charge is 2.14. The third kappa shape index (κ3) is 2.34. The average Bonchev–Trinajstić information content (AvgIpc) is 2.89. The lowest BCUT2D eigenvalue weighted by molar-refractivity contribution is 0.423. The molecule has 0 aliphatic rings. The molecule has 1 N–H and O–H groups in total. The summed E-state index contributed by atoms with van der Waals surface area (Å²) in [7, 11) is 0. The van der Waals surface area contributed by atoms with Crippen LogP contribution in [0.25, 0.3) is 23.0 Å². The van der Waals surface area contributed by atoms with E-state index in [2.05, 4.69) is 31.1 Å². The molecule has 0 fully saturated rings. The number of rotatable bonds is 2. The maximum atomic E-state index is 9.69. The molecule has 0 unspecified atom stereocenters. The third-order valence-electron chi connectivity index (χ3n) is 2.50. The second kappa shape index (κ2) is 4.81. The molecule has 0 saturated heterocycles. The van der Waals surface area contributed by atoms with E-state index in [1.165, 1.54) is 6.07 Å². The number of nitrogens with zero attached hydrogens (tertiary/aromatic N) is 3. The van der Waals surface area contributed by atoms with Crippen LogP contribution in [0.15, 0.2) is 51.6 Å². The van der Waals surface area contributed by atoms with E-state index < -0.39 is 0 Å². The Balaban J connectivity index is 2.03. The second-order valence-electron chi connectivity index (χ2n) is 3.80. The summed E-state index contributed by atoms with van der Waals surface area (Å²) >= 11 is 3.38. The first kappa shape index (κ1) is 11.9. The lowest BCUT2D eigenvalue weighted by atomic mass is 10.2. The fraction of sp³-hybridized carbons (Fsp3) is 0. The maximum Gasteiger partial charge on any atom is 0.280 e. The Kier molecular flexibility index (Phi) is 3.00. The van der Waals surface area contributed by atoms with Gasteiger partial charge < -0.3 is 9.63 Å². The van der Waals surface area contributed by atoms with Crippen molar-refractivity contribution in [3.05, 3.63) is 47.1 Å². The van der Waals surface area contributed by atoms with Gasteiger partial charge in [-0.05, 0) is 24.3 Å². The summed E-state index contributed by atoms with van der Waals surface area (Å²) in [5.41, 5.74) is 1.09. The van der Waals surface area contributed by atoms with Crippen LogP contribution >= 0.6 is 15.9 Å². The molecular weight excluding hydrogens is 310 g/mol.